The maximum Gasteiger partial charge on any atom is 0.401 e. The van der Waals surface area contributed by atoms with Gasteiger partial charge in [0.15, 0.2) is 0 Å². The number of hydrogen-bond donors (Lipinski definition) is 1. The van der Waals surface area contributed by atoms with Gasteiger partial charge in [0.25, 0.3) is 0 Å². The predicted octanol–water partition coefficient (Wildman–Crippen LogP) is 3.35. The Kier molecular flexibility index (Phi) is 2.58. The molecule has 0 aromatic carbocycles. The van der Waals surface area contributed by atoms with E-state index < -0.39 is 12.7 Å². The number of hydrogen-bond acceptors (Lipinski definition) is 1. The molecule has 2 rings (SSSR count). The highest BCUT2D eigenvalue weighted by Crippen LogP contribution is 2.62. The molecule has 4 heteroatoms. The molecule has 0 heterocycles. The first kappa shape index (κ1) is 12.2. The molecule has 2 bridgehead atoms. The van der Waals surface area contributed by atoms with Crippen LogP contribution < -0.4 is 5.32 Å². The van der Waals surface area contributed by atoms with Gasteiger partial charge in [0.05, 0.1) is 6.54 Å². The second kappa shape index (κ2) is 3.37. The molecule has 0 spiro atoms. The minimum atomic E-state index is -4.10. The lowest BCUT2D eigenvalue weighted by molar-refractivity contribution is -0.130. The molecule has 0 aromatic rings. The Morgan fingerprint density at radius 1 is 1.25 bits per heavy atom. The molecule has 16 heavy (non-hydrogen) atoms. The smallest absolute Gasteiger partial charge is 0.305 e. The van der Waals surface area contributed by atoms with Gasteiger partial charge in [-0.3, -0.25) is 0 Å². The molecule has 0 aromatic heterocycles. The van der Waals surface area contributed by atoms with Crippen molar-refractivity contribution < 1.29 is 13.2 Å². The first-order chi connectivity index (χ1) is 7.15. The van der Waals surface area contributed by atoms with Gasteiger partial charge in [-0.25, -0.2) is 0 Å². The number of nitrogens with one attached hydrogen (secondary N) is 1. The average molecular weight is 235 g/mol. The van der Waals surface area contributed by atoms with Crippen molar-refractivity contribution in [2.45, 2.75) is 52.3 Å². The van der Waals surface area contributed by atoms with Crippen molar-refractivity contribution in [1.82, 2.24) is 5.32 Å². The molecular weight excluding hydrogens is 215 g/mol. The van der Waals surface area contributed by atoms with Crippen LogP contribution in [0.4, 0.5) is 13.2 Å². The summed E-state index contributed by atoms with van der Waals surface area (Å²) in [6.07, 6.45) is -0.784. The first-order valence-electron chi connectivity index (χ1n) is 5.95. The van der Waals surface area contributed by atoms with Crippen LogP contribution in [0.15, 0.2) is 0 Å². The van der Waals surface area contributed by atoms with E-state index in [-0.39, 0.29) is 16.9 Å². The highest BCUT2D eigenvalue weighted by atomic mass is 19.4. The predicted molar refractivity (Wildman–Crippen MR) is 57.1 cm³/mol. The van der Waals surface area contributed by atoms with Crippen LogP contribution in [-0.4, -0.2) is 18.8 Å². The molecule has 94 valence electrons. The molecule has 2 aliphatic rings. The zero-order chi connectivity index (χ0) is 12.2. The van der Waals surface area contributed by atoms with Gasteiger partial charge in [0.1, 0.15) is 0 Å². The summed E-state index contributed by atoms with van der Waals surface area (Å²) in [6, 6.07) is 0.000347. The summed E-state index contributed by atoms with van der Waals surface area (Å²) < 4.78 is 36.8. The fourth-order valence-corrected chi connectivity index (χ4v) is 4.03. The summed E-state index contributed by atoms with van der Waals surface area (Å²) in [5.41, 5.74) is 0.0671. The summed E-state index contributed by atoms with van der Waals surface area (Å²) in [5.74, 6) is 0.586. The van der Waals surface area contributed by atoms with Crippen molar-refractivity contribution >= 4 is 0 Å². The molecule has 1 N–H and O–H groups in total. The van der Waals surface area contributed by atoms with Gasteiger partial charge in [-0.2, -0.15) is 13.2 Å². The number of fused-ring (bicyclic) bond motifs is 2. The van der Waals surface area contributed by atoms with Crippen LogP contribution >= 0.6 is 0 Å². The molecule has 0 saturated heterocycles. The molecule has 0 aliphatic heterocycles. The van der Waals surface area contributed by atoms with Crippen molar-refractivity contribution in [3.8, 4) is 0 Å². The van der Waals surface area contributed by atoms with Crippen LogP contribution in [0.3, 0.4) is 0 Å². The first-order valence-corrected chi connectivity index (χ1v) is 5.95. The SMILES string of the molecule is CC12CCC(C1)C(C)(C)C2NCC(F)(F)F. The van der Waals surface area contributed by atoms with Gasteiger partial charge in [0.2, 0.25) is 0 Å². The van der Waals surface area contributed by atoms with E-state index in [0.29, 0.717) is 5.92 Å². The van der Waals surface area contributed by atoms with Crippen molar-refractivity contribution in [1.29, 1.82) is 0 Å². The van der Waals surface area contributed by atoms with Crippen molar-refractivity contribution in [2.24, 2.45) is 16.7 Å². The van der Waals surface area contributed by atoms with Gasteiger partial charge in [0, 0.05) is 6.04 Å². The van der Waals surface area contributed by atoms with Crippen LogP contribution in [0.2, 0.25) is 0 Å². The van der Waals surface area contributed by atoms with Crippen LogP contribution in [-0.2, 0) is 0 Å². The van der Waals surface area contributed by atoms with E-state index in [1.54, 1.807) is 0 Å². The average Bonchev–Trinajstić information content (AvgIpc) is 2.52. The fourth-order valence-electron chi connectivity index (χ4n) is 4.03. The van der Waals surface area contributed by atoms with Gasteiger partial charge >= 0.3 is 6.18 Å². The van der Waals surface area contributed by atoms with Crippen LogP contribution in [0, 0.1) is 16.7 Å². The summed E-state index contributed by atoms with van der Waals surface area (Å²) >= 11 is 0. The molecule has 2 saturated carbocycles. The molecule has 2 fully saturated rings. The third-order valence-corrected chi connectivity index (χ3v) is 4.78. The third kappa shape index (κ3) is 1.85. The normalized spacial score (nSPS) is 41.6. The molecular formula is C12H20F3N. The standard InChI is InChI=1S/C12H20F3N/c1-10(2)8-4-5-11(3,6-8)9(10)16-7-12(13,14)15/h8-9,16H,4-7H2,1-3H3. The summed E-state index contributed by atoms with van der Waals surface area (Å²) in [6.45, 7) is 5.49. The van der Waals surface area contributed by atoms with Gasteiger partial charge < -0.3 is 5.32 Å². The Balaban J connectivity index is 2.08. The third-order valence-electron chi connectivity index (χ3n) is 4.78. The summed E-state index contributed by atoms with van der Waals surface area (Å²) in [5, 5.41) is 2.76. The van der Waals surface area contributed by atoms with E-state index in [4.69, 9.17) is 0 Å². The van der Waals surface area contributed by atoms with Crippen molar-refractivity contribution in [2.75, 3.05) is 6.54 Å². The highest BCUT2D eigenvalue weighted by Gasteiger charge is 2.59. The monoisotopic (exact) mass is 235 g/mol. The van der Waals surface area contributed by atoms with Gasteiger partial charge in [-0.05, 0) is 36.0 Å². The van der Waals surface area contributed by atoms with Crippen LogP contribution in [0.5, 0.6) is 0 Å². The molecule has 3 unspecified atom stereocenters. The molecule has 2 aliphatic carbocycles. The Morgan fingerprint density at radius 2 is 1.88 bits per heavy atom. The minimum Gasteiger partial charge on any atom is -0.305 e. The van der Waals surface area contributed by atoms with E-state index in [0.717, 1.165) is 12.8 Å². The Hall–Kier alpha value is -0.250. The lowest BCUT2D eigenvalue weighted by Crippen LogP contribution is -2.52. The lowest BCUT2D eigenvalue weighted by Gasteiger charge is -2.43. The van der Waals surface area contributed by atoms with Gasteiger partial charge in [-0.1, -0.05) is 20.8 Å². The quantitative estimate of drug-likeness (QED) is 0.774. The summed E-state index contributed by atoms with van der Waals surface area (Å²) in [7, 11) is 0. The second-order valence-electron chi connectivity index (χ2n) is 6.34. The molecule has 1 nitrogen and oxygen atoms in total. The van der Waals surface area contributed by atoms with Crippen molar-refractivity contribution in [3.05, 3.63) is 0 Å². The zero-order valence-electron chi connectivity index (χ0n) is 10.1. The van der Waals surface area contributed by atoms with Crippen molar-refractivity contribution in [3.63, 3.8) is 0 Å². The molecule has 0 radical (unpaired) electrons. The number of halogens is 3. The van der Waals surface area contributed by atoms with Crippen LogP contribution in [0.1, 0.15) is 40.0 Å². The zero-order valence-corrected chi connectivity index (χ0v) is 10.1. The number of rotatable bonds is 2. The van der Waals surface area contributed by atoms with E-state index in [9.17, 15) is 13.2 Å². The van der Waals surface area contributed by atoms with Gasteiger partial charge in [-0.15, -0.1) is 0 Å². The van der Waals surface area contributed by atoms with E-state index in [2.05, 4.69) is 26.1 Å². The Labute approximate surface area is 94.8 Å². The van der Waals surface area contributed by atoms with Crippen LogP contribution in [0.25, 0.3) is 0 Å². The number of alkyl halides is 3. The lowest BCUT2D eigenvalue weighted by atomic mass is 9.68. The fraction of sp³-hybridized carbons (Fsp3) is 1.00. The summed E-state index contributed by atoms with van der Waals surface area (Å²) in [4.78, 5) is 0. The molecule has 3 atom stereocenters. The maximum atomic E-state index is 12.3. The maximum absolute atomic E-state index is 12.3. The van der Waals surface area contributed by atoms with E-state index in [1.807, 2.05) is 0 Å². The Bertz CT molecular complexity index is 280. The highest BCUT2D eigenvalue weighted by molar-refractivity contribution is 5.12. The van der Waals surface area contributed by atoms with E-state index in [1.165, 1.54) is 6.42 Å². The molecule has 0 amide bonds. The topological polar surface area (TPSA) is 12.0 Å². The van der Waals surface area contributed by atoms with E-state index >= 15 is 0 Å². The second-order valence-corrected chi connectivity index (χ2v) is 6.34. The minimum absolute atomic E-state index is 0.000347. The largest absolute Gasteiger partial charge is 0.401 e. The Morgan fingerprint density at radius 3 is 2.31 bits per heavy atom.